The van der Waals surface area contributed by atoms with Gasteiger partial charge in [0.1, 0.15) is 17.1 Å². The van der Waals surface area contributed by atoms with Crippen molar-refractivity contribution in [1.29, 1.82) is 0 Å². The lowest BCUT2D eigenvalue weighted by molar-refractivity contribution is -0.118. The van der Waals surface area contributed by atoms with Gasteiger partial charge in [0.25, 0.3) is 11.8 Å². The Kier molecular flexibility index (Phi) is 5.48. The highest BCUT2D eigenvalue weighted by Gasteiger charge is 2.26. The summed E-state index contributed by atoms with van der Waals surface area (Å²) in [4.78, 5) is 35.3. The normalized spacial score (nSPS) is 10.4. The summed E-state index contributed by atoms with van der Waals surface area (Å²) >= 11 is 5.92. The van der Waals surface area contributed by atoms with Crippen molar-refractivity contribution in [2.24, 2.45) is 5.73 Å². The quantitative estimate of drug-likeness (QED) is 0.765. The van der Waals surface area contributed by atoms with Gasteiger partial charge in [0.2, 0.25) is 5.88 Å². The van der Waals surface area contributed by atoms with Gasteiger partial charge in [0, 0.05) is 5.02 Å². The highest BCUT2D eigenvalue weighted by atomic mass is 35.5. The monoisotopic (exact) mass is 364 g/mol. The summed E-state index contributed by atoms with van der Waals surface area (Å²) in [6.45, 7) is 4.27. The number of ether oxygens (including phenoxy) is 1. The van der Waals surface area contributed by atoms with E-state index in [9.17, 15) is 14.4 Å². The summed E-state index contributed by atoms with van der Waals surface area (Å²) < 4.78 is 10.7. The second-order valence-electron chi connectivity index (χ2n) is 5.41. The van der Waals surface area contributed by atoms with Crippen molar-refractivity contribution in [1.82, 2.24) is 0 Å². The molecule has 0 saturated carbocycles. The molecule has 1 aromatic heterocycles. The first-order chi connectivity index (χ1) is 11.7. The highest BCUT2D eigenvalue weighted by molar-refractivity contribution is 6.31. The fraction of sp³-hybridized carbons (Fsp3) is 0.235. The first kappa shape index (κ1) is 18.5. The summed E-state index contributed by atoms with van der Waals surface area (Å²) in [5.41, 5.74) is 6.00. The molecule has 1 aromatic carbocycles. The molecule has 0 radical (unpaired) electrons. The third kappa shape index (κ3) is 4.19. The van der Waals surface area contributed by atoms with Crippen LogP contribution in [-0.4, -0.2) is 24.2 Å². The molecule has 2 aromatic rings. The van der Waals surface area contributed by atoms with E-state index >= 15 is 0 Å². The van der Waals surface area contributed by atoms with Gasteiger partial charge >= 0.3 is 0 Å². The van der Waals surface area contributed by atoms with Crippen molar-refractivity contribution in [3.63, 3.8) is 0 Å². The number of benzene rings is 1. The van der Waals surface area contributed by atoms with Gasteiger partial charge in [-0.15, -0.1) is 0 Å². The number of primary amides is 1. The van der Waals surface area contributed by atoms with Crippen LogP contribution in [0, 0.1) is 13.8 Å². The number of halogens is 1. The minimum absolute atomic E-state index is 0.0528. The lowest BCUT2D eigenvalue weighted by Gasteiger charge is -2.08. The van der Waals surface area contributed by atoms with Crippen LogP contribution in [0.5, 0.6) is 5.75 Å². The number of carbonyl (C=O) groups excluding carboxylic acids is 3. The molecule has 0 spiro atoms. The van der Waals surface area contributed by atoms with E-state index in [-0.39, 0.29) is 35.2 Å². The number of aryl methyl sites for hydroxylation is 2. The maximum absolute atomic E-state index is 12.0. The Morgan fingerprint density at radius 2 is 1.92 bits per heavy atom. The Balaban J connectivity index is 2.12. The SMILES string of the molecule is CC(=O)c1c(C)oc(NC(=O)COc2ccc(Cl)c(C)c2)c1C(N)=O. The maximum Gasteiger partial charge on any atom is 0.264 e. The first-order valence-electron chi connectivity index (χ1n) is 7.33. The third-order valence-corrected chi connectivity index (χ3v) is 3.86. The van der Waals surface area contributed by atoms with Crippen LogP contribution in [0.1, 0.15) is 39.0 Å². The van der Waals surface area contributed by atoms with E-state index in [4.69, 9.17) is 26.5 Å². The topological polar surface area (TPSA) is 112 Å². The molecule has 0 atom stereocenters. The molecule has 8 heteroatoms. The van der Waals surface area contributed by atoms with Crippen molar-refractivity contribution in [2.45, 2.75) is 20.8 Å². The Bertz CT molecular complexity index is 857. The molecule has 7 nitrogen and oxygen atoms in total. The van der Waals surface area contributed by atoms with Crippen molar-refractivity contribution in [2.75, 3.05) is 11.9 Å². The predicted molar refractivity (Wildman–Crippen MR) is 92.3 cm³/mol. The van der Waals surface area contributed by atoms with E-state index in [2.05, 4.69) is 5.32 Å². The number of carbonyl (C=O) groups is 3. The molecule has 25 heavy (non-hydrogen) atoms. The summed E-state index contributed by atoms with van der Waals surface area (Å²) in [5.74, 6) is -1.33. The van der Waals surface area contributed by atoms with Crippen LogP contribution in [0.25, 0.3) is 0 Å². The highest BCUT2D eigenvalue weighted by Crippen LogP contribution is 2.27. The standard InChI is InChI=1S/C17H17ClN2O5/c1-8-6-11(4-5-12(8)18)24-7-13(22)20-17-15(16(19)23)14(9(2)21)10(3)25-17/h4-6H,7H2,1-3H3,(H2,19,23)(H,20,22). The van der Waals surface area contributed by atoms with E-state index in [1.54, 1.807) is 18.2 Å². The molecular weight excluding hydrogens is 348 g/mol. The van der Waals surface area contributed by atoms with Gasteiger partial charge in [-0.2, -0.15) is 0 Å². The van der Waals surface area contributed by atoms with Crippen LogP contribution in [0.4, 0.5) is 5.88 Å². The van der Waals surface area contributed by atoms with Gasteiger partial charge in [-0.3, -0.25) is 19.7 Å². The minimum atomic E-state index is -0.869. The number of hydrogen-bond donors (Lipinski definition) is 2. The van der Waals surface area contributed by atoms with Gasteiger partial charge in [0.15, 0.2) is 12.4 Å². The largest absolute Gasteiger partial charge is 0.484 e. The van der Waals surface area contributed by atoms with Crippen molar-refractivity contribution in [3.05, 3.63) is 45.7 Å². The molecule has 2 rings (SSSR count). The second-order valence-corrected chi connectivity index (χ2v) is 5.81. The number of hydrogen-bond acceptors (Lipinski definition) is 5. The summed E-state index contributed by atoms with van der Waals surface area (Å²) in [6.07, 6.45) is 0. The molecule has 132 valence electrons. The third-order valence-electron chi connectivity index (χ3n) is 3.44. The molecule has 0 aliphatic rings. The van der Waals surface area contributed by atoms with Crippen molar-refractivity contribution in [3.8, 4) is 5.75 Å². The van der Waals surface area contributed by atoms with E-state index in [0.29, 0.717) is 10.8 Å². The Hall–Kier alpha value is -2.80. The summed E-state index contributed by atoms with van der Waals surface area (Å²) in [6, 6.07) is 4.97. The molecule has 0 aliphatic heterocycles. The number of rotatable bonds is 6. The molecule has 3 N–H and O–H groups in total. The van der Waals surface area contributed by atoms with Crippen molar-refractivity contribution >= 4 is 35.1 Å². The molecule has 0 unspecified atom stereocenters. The van der Waals surface area contributed by atoms with E-state index in [1.807, 2.05) is 6.92 Å². The number of nitrogens with one attached hydrogen (secondary N) is 1. The molecule has 0 bridgehead atoms. The van der Waals surface area contributed by atoms with Gasteiger partial charge < -0.3 is 14.9 Å². The van der Waals surface area contributed by atoms with E-state index in [1.165, 1.54) is 13.8 Å². The maximum atomic E-state index is 12.0. The van der Waals surface area contributed by atoms with Crippen LogP contribution in [-0.2, 0) is 4.79 Å². The fourth-order valence-electron chi connectivity index (χ4n) is 2.31. The number of amides is 2. The Morgan fingerprint density at radius 1 is 1.24 bits per heavy atom. The molecule has 1 heterocycles. The number of anilines is 1. The summed E-state index contributed by atoms with van der Waals surface area (Å²) in [7, 11) is 0. The predicted octanol–water partition coefficient (Wildman–Crippen LogP) is 2.87. The molecular formula is C17H17ClN2O5. The minimum Gasteiger partial charge on any atom is -0.484 e. The van der Waals surface area contributed by atoms with Crippen LogP contribution in [0.15, 0.2) is 22.6 Å². The fourth-order valence-corrected chi connectivity index (χ4v) is 2.43. The number of ketones is 1. The lowest BCUT2D eigenvalue weighted by Crippen LogP contribution is -2.23. The smallest absolute Gasteiger partial charge is 0.264 e. The summed E-state index contributed by atoms with van der Waals surface area (Å²) in [5, 5.41) is 2.98. The number of Topliss-reactive ketones (excluding diaryl/α,β-unsaturated/α-hetero) is 1. The van der Waals surface area contributed by atoms with Gasteiger partial charge in [0.05, 0.1) is 5.56 Å². The molecule has 2 amide bonds. The zero-order valence-corrected chi connectivity index (χ0v) is 14.7. The Labute approximate surface area is 149 Å². The average Bonchev–Trinajstić information content (AvgIpc) is 2.85. The van der Waals surface area contributed by atoms with Crippen LogP contribution < -0.4 is 15.8 Å². The zero-order chi connectivity index (χ0) is 18.7. The van der Waals surface area contributed by atoms with Gasteiger partial charge in [-0.25, -0.2) is 0 Å². The first-order valence-corrected chi connectivity index (χ1v) is 7.71. The Morgan fingerprint density at radius 3 is 2.48 bits per heavy atom. The second kappa shape index (κ2) is 7.40. The van der Waals surface area contributed by atoms with Gasteiger partial charge in [-0.05, 0) is 44.5 Å². The van der Waals surface area contributed by atoms with Gasteiger partial charge in [-0.1, -0.05) is 11.6 Å². The number of nitrogens with two attached hydrogens (primary N) is 1. The molecule has 0 aliphatic carbocycles. The molecule has 0 saturated heterocycles. The van der Waals surface area contributed by atoms with Crippen LogP contribution in [0.2, 0.25) is 5.02 Å². The number of furan rings is 1. The van der Waals surface area contributed by atoms with E-state index in [0.717, 1.165) is 5.56 Å². The van der Waals surface area contributed by atoms with Crippen LogP contribution in [0.3, 0.4) is 0 Å². The lowest BCUT2D eigenvalue weighted by atomic mass is 10.1. The van der Waals surface area contributed by atoms with Crippen LogP contribution >= 0.6 is 11.6 Å². The zero-order valence-electron chi connectivity index (χ0n) is 13.9. The van der Waals surface area contributed by atoms with Crippen molar-refractivity contribution < 1.29 is 23.5 Å². The molecule has 0 fully saturated rings. The van der Waals surface area contributed by atoms with E-state index < -0.39 is 11.8 Å². The average molecular weight is 365 g/mol.